The smallest absolute Gasteiger partial charge is 0.122 e. The Balaban J connectivity index is 1.73. The molecule has 2 nitrogen and oxygen atoms in total. The molecule has 1 aliphatic rings. The van der Waals surface area contributed by atoms with Crippen LogP contribution in [-0.4, -0.2) is 11.2 Å². The van der Waals surface area contributed by atoms with E-state index in [1.165, 1.54) is 10.9 Å². The van der Waals surface area contributed by atoms with Crippen LogP contribution in [0.2, 0.25) is 5.02 Å². The van der Waals surface area contributed by atoms with Gasteiger partial charge in [0, 0.05) is 29.6 Å². The Labute approximate surface area is 122 Å². The molecule has 3 heteroatoms. The summed E-state index contributed by atoms with van der Waals surface area (Å²) < 4.78 is 7.99. The summed E-state index contributed by atoms with van der Waals surface area (Å²) in [6, 6.07) is 16.4. The van der Waals surface area contributed by atoms with E-state index in [1.807, 2.05) is 24.3 Å². The number of rotatable bonds is 2. The van der Waals surface area contributed by atoms with Crippen LogP contribution in [0.3, 0.4) is 0 Å². The van der Waals surface area contributed by atoms with Gasteiger partial charge in [0.1, 0.15) is 5.75 Å². The second kappa shape index (κ2) is 4.57. The lowest BCUT2D eigenvalue weighted by atomic mass is 10.0. The van der Waals surface area contributed by atoms with Gasteiger partial charge in [0.25, 0.3) is 0 Å². The number of hydrogen-bond donors (Lipinski definition) is 0. The highest BCUT2D eigenvalue weighted by atomic mass is 35.5. The molecule has 20 heavy (non-hydrogen) atoms. The summed E-state index contributed by atoms with van der Waals surface area (Å²) in [7, 11) is 0. The molecule has 2 aromatic carbocycles. The molecule has 0 amide bonds. The van der Waals surface area contributed by atoms with Crippen LogP contribution in [0.4, 0.5) is 0 Å². The van der Waals surface area contributed by atoms with E-state index in [1.54, 1.807) is 0 Å². The van der Waals surface area contributed by atoms with E-state index < -0.39 is 0 Å². The lowest BCUT2D eigenvalue weighted by Gasteiger charge is -2.12. The molecule has 100 valence electrons. The van der Waals surface area contributed by atoms with Gasteiger partial charge in [-0.15, -0.1) is 0 Å². The number of hydrogen-bond acceptors (Lipinski definition) is 1. The Morgan fingerprint density at radius 3 is 2.95 bits per heavy atom. The molecule has 1 unspecified atom stereocenters. The summed E-state index contributed by atoms with van der Waals surface area (Å²) >= 11 is 6.34. The zero-order valence-electron chi connectivity index (χ0n) is 10.9. The molecular formula is C17H14ClNO. The number of para-hydroxylation sites is 2. The third kappa shape index (κ3) is 1.80. The van der Waals surface area contributed by atoms with Crippen LogP contribution in [0.1, 0.15) is 11.5 Å². The van der Waals surface area contributed by atoms with E-state index in [0.29, 0.717) is 5.92 Å². The van der Waals surface area contributed by atoms with E-state index in [9.17, 15) is 0 Å². The van der Waals surface area contributed by atoms with Gasteiger partial charge in [-0.3, -0.25) is 0 Å². The van der Waals surface area contributed by atoms with Gasteiger partial charge in [0.2, 0.25) is 0 Å². The first-order valence-corrected chi connectivity index (χ1v) is 7.16. The van der Waals surface area contributed by atoms with E-state index in [0.717, 1.165) is 29.4 Å². The standard InChI is InChI=1S/C17H14ClNO/c18-15-6-3-4-12-8-9-19(17(12)15)10-13-11-20-16-7-2-1-5-14(13)16/h1-9,13H,10-11H2. The Kier molecular flexibility index (Phi) is 2.71. The summed E-state index contributed by atoms with van der Waals surface area (Å²) in [5, 5.41) is 1.99. The zero-order chi connectivity index (χ0) is 13.5. The van der Waals surface area contributed by atoms with Gasteiger partial charge in [0.15, 0.2) is 0 Å². The van der Waals surface area contributed by atoms with Crippen molar-refractivity contribution in [3.8, 4) is 5.75 Å². The topological polar surface area (TPSA) is 14.2 Å². The molecule has 0 saturated heterocycles. The minimum absolute atomic E-state index is 0.387. The fourth-order valence-corrected chi connectivity index (χ4v) is 3.27. The van der Waals surface area contributed by atoms with Crippen LogP contribution in [0.25, 0.3) is 10.9 Å². The second-order valence-electron chi connectivity index (χ2n) is 5.19. The van der Waals surface area contributed by atoms with Crippen LogP contribution < -0.4 is 4.74 Å². The Morgan fingerprint density at radius 2 is 2.00 bits per heavy atom. The third-order valence-electron chi connectivity index (χ3n) is 3.96. The molecule has 0 saturated carbocycles. The fraction of sp³-hybridized carbons (Fsp3) is 0.176. The van der Waals surface area contributed by atoms with Gasteiger partial charge < -0.3 is 9.30 Å². The van der Waals surface area contributed by atoms with E-state index in [4.69, 9.17) is 16.3 Å². The summed E-state index contributed by atoms with van der Waals surface area (Å²) in [6.07, 6.45) is 2.11. The number of halogens is 1. The minimum atomic E-state index is 0.387. The Bertz CT molecular complexity index is 778. The van der Waals surface area contributed by atoms with Crippen molar-refractivity contribution in [3.63, 3.8) is 0 Å². The molecule has 1 atom stereocenters. The summed E-state index contributed by atoms with van der Waals surface area (Å²) in [5.74, 6) is 1.40. The largest absolute Gasteiger partial charge is 0.493 e. The van der Waals surface area contributed by atoms with Crippen LogP contribution in [0.5, 0.6) is 5.75 Å². The highest BCUT2D eigenvalue weighted by molar-refractivity contribution is 6.35. The molecule has 1 aromatic heterocycles. The van der Waals surface area contributed by atoms with Crippen LogP contribution in [-0.2, 0) is 6.54 Å². The molecule has 0 bridgehead atoms. The van der Waals surface area contributed by atoms with Crippen molar-refractivity contribution in [2.24, 2.45) is 0 Å². The van der Waals surface area contributed by atoms with E-state index in [2.05, 4.69) is 35.0 Å². The molecule has 0 N–H and O–H groups in total. The average molecular weight is 284 g/mol. The maximum absolute atomic E-state index is 6.34. The number of aromatic nitrogens is 1. The number of benzene rings is 2. The second-order valence-corrected chi connectivity index (χ2v) is 5.60. The number of ether oxygens (including phenoxy) is 1. The van der Waals surface area contributed by atoms with E-state index in [-0.39, 0.29) is 0 Å². The maximum atomic E-state index is 6.34. The summed E-state index contributed by atoms with van der Waals surface area (Å²) in [4.78, 5) is 0. The normalized spacial score (nSPS) is 17.1. The van der Waals surface area contributed by atoms with Gasteiger partial charge in [-0.25, -0.2) is 0 Å². The van der Waals surface area contributed by atoms with Crippen molar-refractivity contribution >= 4 is 22.5 Å². The number of nitrogens with zero attached hydrogens (tertiary/aromatic N) is 1. The minimum Gasteiger partial charge on any atom is -0.493 e. The summed E-state index contributed by atoms with van der Waals surface area (Å²) in [6.45, 7) is 1.63. The molecule has 4 rings (SSSR count). The van der Waals surface area contributed by atoms with Crippen molar-refractivity contribution in [3.05, 3.63) is 65.3 Å². The van der Waals surface area contributed by atoms with Crippen molar-refractivity contribution in [2.45, 2.75) is 12.5 Å². The first kappa shape index (κ1) is 11.9. The van der Waals surface area contributed by atoms with Gasteiger partial charge in [0.05, 0.1) is 17.1 Å². The van der Waals surface area contributed by atoms with Gasteiger partial charge in [-0.1, -0.05) is 41.9 Å². The van der Waals surface area contributed by atoms with Crippen molar-refractivity contribution < 1.29 is 4.74 Å². The van der Waals surface area contributed by atoms with E-state index >= 15 is 0 Å². The highest BCUT2D eigenvalue weighted by Gasteiger charge is 2.24. The first-order chi connectivity index (χ1) is 9.83. The predicted molar refractivity (Wildman–Crippen MR) is 81.6 cm³/mol. The monoisotopic (exact) mass is 283 g/mol. The number of fused-ring (bicyclic) bond motifs is 2. The first-order valence-electron chi connectivity index (χ1n) is 6.78. The molecular weight excluding hydrogens is 270 g/mol. The van der Waals surface area contributed by atoms with Crippen molar-refractivity contribution in [2.75, 3.05) is 6.61 Å². The Hall–Kier alpha value is -1.93. The lowest BCUT2D eigenvalue weighted by Crippen LogP contribution is -2.09. The molecule has 0 aliphatic carbocycles. The average Bonchev–Trinajstić information content (AvgIpc) is 3.06. The Morgan fingerprint density at radius 1 is 1.10 bits per heavy atom. The highest BCUT2D eigenvalue weighted by Crippen LogP contribution is 2.35. The zero-order valence-corrected chi connectivity index (χ0v) is 11.7. The molecule has 1 aliphatic heterocycles. The molecule has 3 aromatic rings. The molecule has 0 spiro atoms. The van der Waals surface area contributed by atoms with Crippen LogP contribution in [0, 0.1) is 0 Å². The van der Waals surface area contributed by atoms with Gasteiger partial charge in [-0.05, 0) is 18.2 Å². The van der Waals surface area contributed by atoms with Crippen molar-refractivity contribution in [1.29, 1.82) is 0 Å². The quantitative estimate of drug-likeness (QED) is 0.677. The molecule has 0 fully saturated rings. The molecule has 2 heterocycles. The third-order valence-corrected chi connectivity index (χ3v) is 4.26. The van der Waals surface area contributed by atoms with Crippen molar-refractivity contribution in [1.82, 2.24) is 4.57 Å². The lowest BCUT2D eigenvalue weighted by molar-refractivity contribution is 0.320. The maximum Gasteiger partial charge on any atom is 0.122 e. The summed E-state index contributed by atoms with van der Waals surface area (Å²) in [5.41, 5.74) is 2.40. The molecule has 0 radical (unpaired) electrons. The van der Waals surface area contributed by atoms with Gasteiger partial charge in [-0.2, -0.15) is 0 Å². The van der Waals surface area contributed by atoms with Crippen LogP contribution >= 0.6 is 11.6 Å². The van der Waals surface area contributed by atoms with Gasteiger partial charge >= 0.3 is 0 Å². The fourth-order valence-electron chi connectivity index (χ4n) is 2.98. The predicted octanol–water partition coefficient (Wildman–Crippen LogP) is 4.47. The van der Waals surface area contributed by atoms with Crippen LogP contribution in [0.15, 0.2) is 54.7 Å². The SMILES string of the molecule is Clc1cccc2ccn(CC3COc4ccccc43)c12.